The largest absolute Gasteiger partial charge is 0.292 e. The Balaban J connectivity index is 1.24. The molecule has 3 aromatic heterocycles. The highest BCUT2D eigenvalue weighted by Gasteiger charge is 2.23. The highest BCUT2D eigenvalue weighted by molar-refractivity contribution is 7.24. The van der Waals surface area contributed by atoms with Crippen LogP contribution in [0.15, 0.2) is 176 Å². The zero-order valence-electron chi connectivity index (χ0n) is 27.0. The Bertz CT molecular complexity index is 2850. The van der Waals surface area contributed by atoms with Gasteiger partial charge in [0.25, 0.3) is 0 Å². The molecular weight excluding hydrogens is 627 g/mol. The second-order valence-electron chi connectivity index (χ2n) is 12.6. The number of hydrogen-bond donors (Lipinski definition) is 0. The molecule has 0 unspecified atom stereocenters. The van der Waals surface area contributed by atoms with E-state index in [-0.39, 0.29) is 0 Å². The Labute approximate surface area is 293 Å². The summed E-state index contributed by atoms with van der Waals surface area (Å²) in [5, 5.41) is 4.83. The van der Waals surface area contributed by atoms with Gasteiger partial charge in [-0.05, 0) is 58.3 Å². The number of para-hydroxylation sites is 4. The van der Waals surface area contributed by atoms with Crippen LogP contribution in [0.25, 0.3) is 92.7 Å². The number of pyridine rings is 1. The Morgan fingerprint density at radius 2 is 1.10 bits per heavy atom. The molecule has 0 fully saturated rings. The Kier molecular flexibility index (Phi) is 6.68. The topological polar surface area (TPSA) is 30.7 Å². The third kappa shape index (κ3) is 4.65. The number of nitrogens with zero attached hydrogens (tertiary/aromatic N) is 3. The summed E-state index contributed by atoms with van der Waals surface area (Å²) >= 11 is 1.87. The maximum atomic E-state index is 5.34. The van der Waals surface area contributed by atoms with Gasteiger partial charge in [-0.2, -0.15) is 0 Å². The monoisotopic (exact) mass is 655 g/mol. The summed E-state index contributed by atoms with van der Waals surface area (Å²) in [7, 11) is 0. The average molecular weight is 656 g/mol. The molecule has 7 aromatic carbocycles. The third-order valence-electron chi connectivity index (χ3n) is 9.59. The van der Waals surface area contributed by atoms with E-state index in [1.165, 1.54) is 42.2 Å². The lowest BCUT2D eigenvalue weighted by Gasteiger charge is -2.12. The molecule has 0 aliphatic carbocycles. The molecule has 10 aromatic rings. The molecule has 0 spiro atoms. The van der Waals surface area contributed by atoms with Crippen molar-refractivity contribution < 1.29 is 0 Å². The zero-order chi connectivity index (χ0) is 33.0. The molecule has 50 heavy (non-hydrogen) atoms. The van der Waals surface area contributed by atoms with Gasteiger partial charge in [0.1, 0.15) is 5.82 Å². The van der Waals surface area contributed by atoms with Crippen molar-refractivity contribution in [3.8, 4) is 49.9 Å². The van der Waals surface area contributed by atoms with Crippen LogP contribution in [0.4, 0.5) is 0 Å². The lowest BCUT2D eigenvalue weighted by molar-refractivity contribution is 1.10. The van der Waals surface area contributed by atoms with Gasteiger partial charge in [-0.15, -0.1) is 11.3 Å². The number of hydrogen-bond acceptors (Lipinski definition) is 3. The molecule has 4 heteroatoms. The van der Waals surface area contributed by atoms with Crippen molar-refractivity contribution in [2.75, 3.05) is 0 Å². The van der Waals surface area contributed by atoms with E-state index in [1.54, 1.807) is 0 Å². The molecule has 0 saturated heterocycles. The average Bonchev–Trinajstić information content (AvgIpc) is 3.78. The van der Waals surface area contributed by atoms with Gasteiger partial charge in [0, 0.05) is 42.7 Å². The minimum Gasteiger partial charge on any atom is -0.292 e. The summed E-state index contributed by atoms with van der Waals surface area (Å²) in [5.41, 5.74) is 10.9. The van der Waals surface area contributed by atoms with Crippen molar-refractivity contribution in [3.05, 3.63) is 176 Å². The zero-order valence-corrected chi connectivity index (χ0v) is 27.8. The molecule has 0 bridgehead atoms. The fourth-order valence-corrected chi connectivity index (χ4v) is 8.60. The lowest BCUT2D eigenvalue weighted by Crippen LogP contribution is -1.97. The van der Waals surface area contributed by atoms with Gasteiger partial charge in [0.05, 0.1) is 22.2 Å². The number of fused-ring (bicyclic) bond motifs is 5. The second kappa shape index (κ2) is 11.7. The summed E-state index contributed by atoms with van der Waals surface area (Å²) in [6, 6.07) is 62.4. The molecule has 0 aliphatic rings. The molecule has 234 valence electrons. The van der Waals surface area contributed by atoms with Crippen LogP contribution in [0.2, 0.25) is 0 Å². The van der Waals surface area contributed by atoms with E-state index in [9.17, 15) is 0 Å². The van der Waals surface area contributed by atoms with E-state index in [1.807, 2.05) is 11.3 Å². The van der Waals surface area contributed by atoms with Crippen molar-refractivity contribution >= 4 is 54.1 Å². The summed E-state index contributed by atoms with van der Waals surface area (Å²) in [6.07, 6.45) is 0. The first kappa shape index (κ1) is 28.6. The van der Waals surface area contributed by atoms with Crippen molar-refractivity contribution in [1.29, 1.82) is 0 Å². The number of imidazole rings is 1. The normalized spacial score (nSPS) is 11.6. The number of aromatic nitrogens is 3. The summed E-state index contributed by atoms with van der Waals surface area (Å²) in [4.78, 5) is 11.7. The van der Waals surface area contributed by atoms with Gasteiger partial charge >= 0.3 is 0 Å². The molecule has 3 heterocycles. The first-order chi connectivity index (χ1) is 24.8. The SMILES string of the molecule is c1ccc(-c2nc3ccccc3c3sc(-c4ccc5ccccc5c4)c(-c4ccc(-c5nc6ccccc6n5-c5ccccc5)cc4)c23)cc1. The minimum atomic E-state index is 0.923. The second-order valence-corrected chi connectivity index (χ2v) is 13.6. The Morgan fingerprint density at radius 3 is 1.92 bits per heavy atom. The van der Waals surface area contributed by atoms with Crippen molar-refractivity contribution in [3.63, 3.8) is 0 Å². The van der Waals surface area contributed by atoms with Crippen LogP contribution in [0.1, 0.15) is 0 Å². The fraction of sp³-hybridized carbons (Fsp3) is 0. The van der Waals surface area contributed by atoms with Crippen LogP contribution in [0.3, 0.4) is 0 Å². The summed E-state index contributed by atoms with van der Waals surface area (Å²) in [5.74, 6) is 0.923. The van der Waals surface area contributed by atoms with E-state index in [0.29, 0.717) is 0 Å². The van der Waals surface area contributed by atoms with Gasteiger partial charge < -0.3 is 0 Å². The van der Waals surface area contributed by atoms with Crippen molar-refractivity contribution in [2.24, 2.45) is 0 Å². The van der Waals surface area contributed by atoms with Crippen LogP contribution in [0.5, 0.6) is 0 Å². The molecule has 0 N–H and O–H groups in total. The van der Waals surface area contributed by atoms with E-state index >= 15 is 0 Å². The van der Waals surface area contributed by atoms with Crippen LogP contribution < -0.4 is 0 Å². The first-order valence-corrected chi connectivity index (χ1v) is 17.7. The molecular formula is C46H29N3S. The number of thiophene rings is 1. The Hall–Kier alpha value is -6.36. The molecule has 0 atom stereocenters. The van der Waals surface area contributed by atoms with Gasteiger partial charge in [0.2, 0.25) is 0 Å². The fourth-order valence-electron chi connectivity index (χ4n) is 7.24. The standard InChI is InChI=1S/C46H29N3S/c1-3-14-32(15-4-1)43-42-41(31-24-26-33(27-25-31)46-48-39-21-11-12-22-40(39)49(46)36-17-5-2-6-18-36)44(35-28-23-30-13-7-8-16-34(30)29-35)50-45(42)37-19-9-10-20-38(37)47-43/h1-29H. The smallest absolute Gasteiger partial charge is 0.145 e. The van der Waals surface area contributed by atoms with Gasteiger partial charge in [-0.1, -0.05) is 140 Å². The first-order valence-electron chi connectivity index (χ1n) is 16.8. The highest BCUT2D eigenvalue weighted by Crippen LogP contribution is 2.50. The molecule has 0 amide bonds. The summed E-state index contributed by atoms with van der Waals surface area (Å²) < 4.78 is 3.51. The van der Waals surface area contributed by atoms with Gasteiger partial charge in [-0.25, -0.2) is 9.97 Å². The molecule has 3 nitrogen and oxygen atoms in total. The Morgan fingerprint density at radius 1 is 0.460 bits per heavy atom. The van der Waals surface area contributed by atoms with E-state index in [2.05, 4.69) is 180 Å². The maximum absolute atomic E-state index is 5.34. The van der Waals surface area contributed by atoms with Crippen molar-refractivity contribution in [1.82, 2.24) is 14.5 Å². The van der Waals surface area contributed by atoms with E-state index in [4.69, 9.17) is 9.97 Å². The van der Waals surface area contributed by atoms with Gasteiger partial charge in [-0.3, -0.25) is 4.57 Å². The van der Waals surface area contributed by atoms with Crippen LogP contribution >= 0.6 is 11.3 Å². The molecule has 0 aliphatic heterocycles. The number of benzene rings is 7. The molecule has 0 radical (unpaired) electrons. The number of rotatable bonds is 5. The quantitative estimate of drug-likeness (QED) is 0.185. The van der Waals surface area contributed by atoms with Gasteiger partial charge in [0.15, 0.2) is 0 Å². The predicted octanol–water partition coefficient (Wildman–Crippen LogP) is 12.6. The maximum Gasteiger partial charge on any atom is 0.145 e. The van der Waals surface area contributed by atoms with Crippen LogP contribution in [-0.2, 0) is 0 Å². The lowest BCUT2D eigenvalue weighted by atomic mass is 9.94. The van der Waals surface area contributed by atoms with Crippen LogP contribution in [0, 0.1) is 0 Å². The summed E-state index contributed by atoms with van der Waals surface area (Å²) in [6.45, 7) is 0. The van der Waals surface area contributed by atoms with E-state index < -0.39 is 0 Å². The minimum absolute atomic E-state index is 0.923. The van der Waals surface area contributed by atoms with E-state index in [0.717, 1.165) is 50.4 Å². The predicted molar refractivity (Wildman–Crippen MR) is 211 cm³/mol. The van der Waals surface area contributed by atoms with Crippen LogP contribution in [-0.4, -0.2) is 14.5 Å². The third-order valence-corrected chi connectivity index (χ3v) is 10.9. The molecule has 10 rings (SSSR count). The van der Waals surface area contributed by atoms with Crippen molar-refractivity contribution in [2.45, 2.75) is 0 Å². The highest BCUT2D eigenvalue weighted by atomic mass is 32.1. The molecule has 0 saturated carbocycles.